The van der Waals surface area contributed by atoms with Gasteiger partial charge in [0.25, 0.3) is 0 Å². The first-order valence-corrected chi connectivity index (χ1v) is 7.52. The minimum atomic E-state index is -0.758. The Morgan fingerprint density at radius 1 is 1.16 bits per heavy atom. The molecule has 1 aliphatic carbocycles. The van der Waals surface area contributed by atoms with E-state index in [1.807, 2.05) is 18.7 Å². The number of hydrogen-bond donors (Lipinski definition) is 1. The van der Waals surface area contributed by atoms with Crippen LogP contribution in [0, 0.1) is 5.92 Å². The zero-order valence-corrected chi connectivity index (χ0v) is 12.4. The predicted octanol–water partition coefficient (Wildman–Crippen LogP) is 2.08. The van der Waals surface area contributed by atoms with Gasteiger partial charge in [-0.15, -0.1) is 0 Å². The maximum absolute atomic E-state index is 12.6. The summed E-state index contributed by atoms with van der Waals surface area (Å²) in [6.07, 6.45) is 6.24. The predicted molar refractivity (Wildman–Crippen MR) is 74.6 cm³/mol. The van der Waals surface area contributed by atoms with Crippen LogP contribution >= 0.6 is 0 Å². The molecule has 108 valence electrons. The van der Waals surface area contributed by atoms with Gasteiger partial charge in [0.1, 0.15) is 5.54 Å². The summed E-state index contributed by atoms with van der Waals surface area (Å²) in [7, 11) is 0. The van der Waals surface area contributed by atoms with E-state index in [-0.39, 0.29) is 11.8 Å². The van der Waals surface area contributed by atoms with Gasteiger partial charge in [0.2, 0.25) is 11.8 Å². The molecule has 2 fully saturated rings. The summed E-state index contributed by atoms with van der Waals surface area (Å²) < 4.78 is 0. The van der Waals surface area contributed by atoms with Gasteiger partial charge in [-0.2, -0.15) is 0 Å². The molecule has 2 atom stereocenters. The topological polar surface area (TPSA) is 49.4 Å². The van der Waals surface area contributed by atoms with E-state index in [2.05, 4.69) is 12.2 Å². The summed E-state index contributed by atoms with van der Waals surface area (Å²) in [4.78, 5) is 26.3. The summed E-state index contributed by atoms with van der Waals surface area (Å²) in [5, 5.41) is 2.83. The van der Waals surface area contributed by atoms with E-state index in [1.165, 1.54) is 19.3 Å². The van der Waals surface area contributed by atoms with E-state index in [9.17, 15) is 9.59 Å². The highest BCUT2D eigenvalue weighted by Crippen LogP contribution is 2.28. The molecular weight excluding hydrogens is 240 g/mol. The minimum absolute atomic E-state index is 0.0113. The van der Waals surface area contributed by atoms with Crippen molar-refractivity contribution in [1.29, 1.82) is 0 Å². The Bertz CT molecular complexity index is 365. The van der Waals surface area contributed by atoms with Crippen LogP contribution in [0.4, 0.5) is 0 Å². The van der Waals surface area contributed by atoms with Gasteiger partial charge >= 0.3 is 0 Å². The molecule has 4 heteroatoms. The van der Waals surface area contributed by atoms with Crippen LogP contribution in [0.1, 0.15) is 59.3 Å². The van der Waals surface area contributed by atoms with Crippen LogP contribution in [-0.4, -0.2) is 34.8 Å². The molecule has 0 radical (unpaired) electrons. The van der Waals surface area contributed by atoms with Crippen LogP contribution in [-0.2, 0) is 9.59 Å². The van der Waals surface area contributed by atoms with E-state index in [4.69, 9.17) is 0 Å². The highest BCUT2D eigenvalue weighted by Gasteiger charge is 2.39. The zero-order chi connectivity index (χ0) is 14.0. The SMILES string of the molecule is CC1CCCC(N2CCC(=O)NC(C)(C)C2=O)CC1. The van der Waals surface area contributed by atoms with Crippen molar-refractivity contribution in [3.05, 3.63) is 0 Å². The van der Waals surface area contributed by atoms with Crippen LogP contribution in [0.2, 0.25) is 0 Å². The molecule has 0 aromatic carbocycles. The molecule has 2 aliphatic rings. The molecule has 1 aliphatic heterocycles. The van der Waals surface area contributed by atoms with Crippen molar-refractivity contribution in [2.45, 2.75) is 70.9 Å². The van der Waals surface area contributed by atoms with Crippen molar-refractivity contribution in [2.24, 2.45) is 5.92 Å². The molecule has 1 N–H and O–H groups in total. The quantitative estimate of drug-likeness (QED) is 0.739. The molecule has 0 aromatic heterocycles. The van der Waals surface area contributed by atoms with Gasteiger partial charge in [-0.05, 0) is 39.0 Å². The molecule has 0 spiro atoms. The second kappa shape index (κ2) is 5.51. The first-order chi connectivity index (χ1) is 8.90. The molecule has 2 rings (SSSR count). The number of amides is 2. The first kappa shape index (κ1) is 14.4. The summed E-state index contributed by atoms with van der Waals surface area (Å²) in [6, 6.07) is 0.324. The third-order valence-corrected chi connectivity index (χ3v) is 4.49. The van der Waals surface area contributed by atoms with Gasteiger partial charge in [0.05, 0.1) is 0 Å². The highest BCUT2D eigenvalue weighted by molar-refractivity contribution is 5.93. The van der Waals surface area contributed by atoms with Crippen molar-refractivity contribution in [1.82, 2.24) is 10.2 Å². The molecule has 1 saturated carbocycles. The molecule has 0 bridgehead atoms. The van der Waals surface area contributed by atoms with Gasteiger partial charge in [-0.1, -0.05) is 19.8 Å². The lowest BCUT2D eigenvalue weighted by molar-refractivity contribution is -0.139. The Morgan fingerprint density at radius 2 is 1.89 bits per heavy atom. The monoisotopic (exact) mass is 266 g/mol. The maximum Gasteiger partial charge on any atom is 0.248 e. The van der Waals surface area contributed by atoms with Crippen molar-refractivity contribution in [2.75, 3.05) is 6.54 Å². The van der Waals surface area contributed by atoms with Gasteiger partial charge in [0.15, 0.2) is 0 Å². The number of nitrogens with zero attached hydrogens (tertiary/aromatic N) is 1. The summed E-state index contributed by atoms with van der Waals surface area (Å²) in [6.45, 7) is 6.49. The van der Waals surface area contributed by atoms with Crippen LogP contribution in [0.15, 0.2) is 0 Å². The molecule has 2 amide bonds. The molecule has 1 saturated heterocycles. The normalized spacial score (nSPS) is 32.5. The standard InChI is InChI=1S/C15H26N2O2/c1-11-5-4-6-12(8-7-11)17-10-9-13(18)16-15(2,3)14(17)19/h11-12H,4-10H2,1-3H3,(H,16,18). The summed E-state index contributed by atoms with van der Waals surface area (Å²) in [5.74, 6) is 0.834. The number of hydrogen-bond acceptors (Lipinski definition) is 2. The Labute approximate surface area is 115 Å². The van der Waals surface area contributed by atoms with E-state index >= 15 is 0 Å². The molecule has 4 nitrogen and oxygen atoms in total. The van der Waals surface area contributed by atoms with Crippen LogP contribution in [0.3, 0.4) is 0 Å². The van der Waals surface area contributed by atoms with Gasteiger partial charge < -0.3 is 10.2 Å². The first-order valence-electron chi connectivity index (χ1n) is 7.52. The van der Waals surface area contributed by atoms with Crippen LogP contribution in [0.25, 0.3) is 0 Å². The highest BCUT2D eigenvalue weighted by atomic mass is 16.2. The summed E-state index contributed by atoms with van der Waals surface area (Å²) >= 11 is 0. The average Bonchev–Trinajstić information content (AvgIpc) is 2.58. The number of carbonyl (C=O) groups excluding carboxylic acids is 2. The van der Waals surface area contributed by atoms with Gasteiger partial charge in [-0.3, -0.25) is 9.59 Å². The fraction of sp³-hybridized carbons (Fsp3) is 0.867. The van der Waals surface area contributed by atoms with E-state index in [0.717, 1.165) is 18.8 Å². The molecule has 2 unspecified atom stereocenters. The lowest BCUT2D eigenvalue weighted by Gasteiger charge is -2.34. The van der Waals surface area contributed by atoms with Gasteiger partial charge in [-0.25, -0.2) is 0 Å². The van der Waals surface area contributed by atoms with Crippen LogP contribution in [0.5, 0.6) is 0 Å². The van der Waals surface area contributed by atoms with Crippen LogP contribution < -0.4 is 5.32 Å². The maximum atomic E-state index is 12.6. The molecule has 0 aromatic rings. The zero-order valence-electron chi connectivity index (χ0n) is 12.4. The van der Waals surface area contributed by atoms with Gasteiger partial charge in [0, 0.05) is 19.0 Å². The Hall–Kier alpha value is -1.06. The molecule has 19 heavy (non-hydrogen) atoms. The Kier molecular flexibility index (Phi) is 4.16. The lowest BCUT2D eigenvalue weighted by Crippen LogP contribution is -2.55. The van der Waals surface area contributed by atoms with Crippen molar-refractivity contribution >= 4 is 11.8 Å². The van der Waals surface area contributed by atoms with Crippen molar-refractivity contribution in [3.63, 3.8) is 0 Å². The number of nitrogens with one attached hydrogen (secondary N) is 1. The molecule has 1 heterocycles. The smallest absolute Gasteiger partial charge is 0.248 e. The number of rotatable bonds is 1. The third kappa shape index (κ3) is 3.28. The fourth-order valence-corrected chi connectivity index (χ4v) is 3.27. The van der Waals surface area contributed by atoms with E-state index in [1.54, 1.807) is 0 Å². The Balaban J connectivity index is 2.13. The van der Waals surface area contributed by atoms with Crippen molar-refractivity contribution < 1.29 is 9.59 Å². The summed E-state index contributed by atoms with van der Waals surface area (Å²) in [5.41, 5.74) is -0.758. The minimum Gasteiger partial charge on any atom is -0.342 e. The van der Waals surface area contributed by atoms with E-state index < -0.39 is 5.54 Å². The number of carbonyl (C=O) groups is 2. The van der Waals surface area contributed by atoms with Crippen molar-refractivity contribution in [3.8, 4) is 0 Å². The molecular formula is C15H26N2O2. The lowest BCUT2D eigenvalue weighted by atomic mass is 10.00. The third-order valence-electron chi connectivity index (χ3n) is 4.49. The second-order valence-corrected chi connectivity index (χ2v) is 6.69. The fourth-order valence-electron chi connectivity index (χ4n) is 3.27. The van der Waals surface area contributed by atoms with E-state index in [0.29, 0.717) is 19.0 Å². The largest absolute Gasteiger partial charge is 0.342 e. The second-order valence-electron chi connectivity index (χ2n) is 6.69. The average molecular weight is 266 g/mol. The Morgan fingerprint density at radius 3 is 2.63 bits per heavy atom.